The second kappa shape index (κ2) is 4.91. The quantitative estimate of drug-likeness (QED) is 0.775. The largest absolute Gasteiger partial charge is 0.397 e. The maximum absolute atomic E-state index is 6.03. The molecule has 2 aromatic carbocycles. The molecule has 0 atom stereocenters. The Morgan fingerprint density at radius 1 is 0.944 bits per heavy atom. The van der Waals surface area contributed by atoms with E-state index in [1.165, 1.54) is 11.1 Å². The van der Waals surface area contributed by atoms with E-state index in [-0.39, 0.29) is 0 Å². The van der Waals surface area contributed by atoms with Crippen molar-refractivity contribution in [2.24, 2.45) is 0 Å². The molecule has 0 fully saturated rings. The lowest BCUT2D eigenvalue weighted by Gasteiger charge is -2.13. The third-order valence-corrected chi connectivity index (χ3v) is 3.39. The average molecular weight is 261 g/mol. The van der Waals surface area contributed by atoms with Crippen LogP contribution >= 0.6 is 11.6 Å². The van der Waals surface area contributed by atoms with Crippen LogP contribution in [-0.2, 0) is 0 Å². The second-order valence-corrected chi connectivity index (χ2v) is 5.04. The summed E-state index contributed by atoms with van der Waals surface area (Å²) in [6, 6.07) is 10.0. The minimum atomic E-state index is 0.658. The van der Waals surface area contributed by atoms with Crippen LogP contribution in [0.3, 0.4) is 0 Å². The van der Waals surface area contributed by atoms with E-state index in [4.69, 9.17) is 17.3 Å². The molecule has 0 saturated heterocycles. The van der Waals surface area contributed by atoms with Gasteiger partial charge >= 0.3 is 0 Å². The summed E-state index contributed by atoms with van der Waals surface area (Å²) < 4.78 is 0. The van der Waals surface area contributed by atoms with E-state index in [1.54, 1.807) is 6.07 Å². The van der Waals surface area contributed by atoms with E-state index in [2.05, 4.69) is 37.4 Å². The van der Waals surface area contributed by atoms with Crippen LogP contribution < -0.4 is 11.1 Å². The van der Waals surface area contributed by atoms with Gasteiger partial charge in [-0.2, -0.15) is 0 Å². The van der Waals surface area contributed by atoms with Gasteiger partial charge in [-0.3, -0.25) is 0 Å². The molecule has 2 aromatic rings. The molecule has 0 aliphatic heterocycles. The van der Waals surface area contributed by atoms with Crippen molar-refractivity contribution in [3.05, 3.63) is 52.0 Å². The Bertz CT molecular complexity index is 591. The number of hydrogen-bond donors (Lipinski definition) is 2. The van der Waals surface area contributed by atoms with E-state index in [9.17, 15) is 0 Å². The van der Waals surface area contributed by atoms with Gasteiger partial charge in [-0.05, 0) is 50.1 Å². The molecule has 18 heavy (non-hydrogen) atoms. The first kappa shape index (κ1) is 12.8. The van der Waals surface area contributed by atoms with E-state index in [0.717, 1.165) is 16.9 Å². The van der Waals surface area contributed by atoms with Gasteiger partial charge in [0.25, 0.3) is 0 Å². The van der Waals surface area contributed by atoms with Gasteiger partial charge in [-0.1, -0.05) is 29.3 Å². The molecule has 0 unspecified atom stereocenters. The van der Waals surface area contributed by atoms with Gasteiger partial charge in [0.05, 0.1) is 11.4 Å². The molecule has 94 valence electrons. The zero-order valence-electron chi connectivity index (χ0n) is 10.8. The summed E-state index contributed by atoms with van der Waals surface area (Å²) in [6.07, 6.45) is 0. The van der Waals surface area contributed by atoms with Gasteiger partial charge in [0.1, 0.15) is 0 Å². The fourth-order valence-corrected chi connectivity index (χ4v) is 2.08. The first-order valence-corrected chi connectivity index (χ1v) is 6.25. The lowest BCUT2D eigenvalue weighted by Crippen LogP contribution is -1.99. The molecule has 0 aliphatic rings. The highest BCUT2D eigenvalue weighted by Crippen LogP contribution is 2.30. The van der Waals surface area contributed by atoms with Gasteiger partial charge < -0.3 is 11.1 Å². The second-order valence-electron chi connectivity index (χ2n) is 4.63. The highest BCUT2D eigenvalue weighted by Gasteiger charge is 2.05. The fraction of sp³-hybridized carbons (Fsp3) is 0.200. The number of nitrogens with one attached hydrogen (secondary N) is 1. The van der Waals surface area contributed by atoms with Crippen LogP contribution in [0.4, 0.5) is 17.1 Å². The van der Waals surface area contributed by atoms with E-state index >= 15 is 0 Å². The topological polar surface area (TPSA) is 38.0 Å². The van der Waals surface area contributed by atoms with Gasteiger partial charge in [0, 0.05) is 10.7 Å². The molecule has 0 aromatic heterocycles. The summed E-state index contributed by atoms with van der Waals surface area (Å²) in [6.45, 7) is 6.13. The lowest BCUT2D eigenvalue weighted by molar-refractivity contribution is 1.36. The Balaban J connectivity index is 2.37. The minimum Gasteiger partial charge on any atom is -0.397 e. The molecular formula is C15H17ClN2. The number of hydrogen-bond acceptors (Lipinski definition) is 2. The Morgan fingerprint density at radius 3 is 2.33 bits per heavy atom. The summed E-state index contributed by atoms with van der Waals surface area (Å²) >= 11 is 6.03. The first-order chi connectivity index (χ1) is 8.47. The lowest BCUT2D eigenvalue weighted by atomic mass is 10.1. The molecule has 0 amide bonds. The third kappa shape index (κ3) is 2.59. The Hall–Kier alpha value is -1.67. The number of nitrogen functional groups attached to an aromatic ring is 1. The van der Waals surface area contributed by atoms with Gasteiger partial charge in [0.2, 0.25) is 0 Å². The third-order valence-electron chi connectivity index (χ3n) is 2.98. The number of rotatable bonds is 2. The predicted octanol–water partition coefficient (Wildman–Crippen LogP) is 4.59. The fourth-order valence-electron chi connectivity index (χ4n) is 1.90. The number of aryl methyl sites for hydroxylation is 3. The monoisotopic (exact) mass is 260 g/mol. The van der Waals surface area contributed by atoms with Gasteiger partial charge in [-0.15, -0.1) is 0 Å². The van der Waals surface area contributed by atoms with E-state index in [0.29, 0.717) is 10.7 Å². The van der Waals surface area contributed by atoms with Crippen molar-refractivity contribution in [3.63, 3.8) is 0 Å². The van der Waals surface area contributed by atoms with E-state index < -0.39 is 0 Å². The van der Waals surface area contributed by atoms with Gasteiger partial charge in [-0.25, -0.2) is 0 Å². The van der Waals surface area contributed by atoms with Crippen LogP contribution in [0.1, 0.15) is 16.7 Å². The molecule has 3 heteroatoms. The molecule has 0 radical (unpaired) electrons. The number of benzene rings is 2. The molecule has 2 rings (SSSR count). The minimum absolute atomic E-state index is 0.658. The summed E-state index contributed by atoms with van der Waals surface area (Å²) in [5, 5.41) is 4.05. The number of anilines is 3. The Morgan fingerprint density at radius 2 is 1.67 bits per heavy atom. The molecule has 0 saturated carbocycles. The molecule has 2 nitrogen and oxygen atoms in total. The van der Waals surface area contributed by atoms with E-state index in [1.807, 2.05) is 13.0 Å². The predicted molar refractivity (Wildman–Crippen MR) is 79.8 cm³/mol. The summed E-state index contributed by atoms with van der Waals surface area (Å²) in [5.41, 5.74) is 12.0. The molecule has 0 bridgehead atoms. The number of halogens is 1. The van der Waals surface area contributed by atoms with Crippen molar-refractivity contribution >= 4 is 28.7 Å². The SMILES string of the molecule is Cc1ccc(Nc2cc(C)c(Cl)cc2N)c(C)c1. The van der Waals surface area contributed by atoms with Gasteiger partial charge in [0.15, 0.2) is 0 Å². The smallest absolute Gasteiger partial charge is 0.0621 e. The zero-order valence-corrected chi connectivity index (χ0v) is 11.6. The van der Waals surface area contributed by atoms with Crippen molar-refractivity contribution in [2.75, 3.05) is 11.1 Å². The normalized spacial score (nSPS) is 10.4. The summed E-state index contributed by atoms with van der Waals surface area (Å²) in [4.78, 5) is 0. The average Bonchev–Trinajstić information content (AvgIpc) is 2.29. The molecular weight excluding hydrogens is 244 g/mol. The Labute approximate surface area is 113 Å². The standard InChI is InChI=1S/C15H17ClN2/c1-9-4-5-14(11(3)6-9)18-15-7-10(2)12(16)8-13(15)17/h4-8,18H,17H2,1-3H3. The van der Waals surface area contributed by atoms with Crippen molar-refractivity contribution < 1.29 is 0 Å². The van der Waals surface area contributed by atoms with Crippen LogP contribution in [-0.4, -0.2) is 0 Å². The first-order valence-electron chi connectivity index (χ1n) is 5.87. The van der Waals surface area contributed by atoms with Crippen LogP contribution in [0.5, 0.6) is 0 Å². The summed E-state index contributed by atoms with van der Waals surface area (Å²) in [5.74, 6) is 0. The maximum atomic E-state index is 6.03. The molecule has 0 aliphatic carbocycles. The highest BCUT2D eigenvalue weighted by atomic mass is 35.5. The van der Waals surface area contributed by atoms with Crippen LogP contribution in [0, 0.1) is 20.8 Å². The summed E-state index contributed by atoms with van der Waals surface area (Å²) in [7, 11) is 0. The van der Waals surface area contributed by atoms with Crippen molar-refractivity contribution in [2.45, 2.75) is 20.8 Å². The maximum Gasteiger partial charge on any atom is 0.0621 e. The van der Waals surface area contributed by atoms with Crippen molar-refractivity contribution in [1.82, 2.24) is 0 Å². The molecule has 0 heterocycles. The zero-order chi connectivity index (χ0) is 13.3. The highest BCUT2D eigenvalue weighted by molar-refractivity contribution is 6.31. The van der Waals surface area contributed by atoms with Crippen LogP contribution in [0.2, 0.25) is 5.02 Å². The van der Waals surface area contributed by atoms with Crippen molar-refractivity contribution in [1.29, 1.82) is 0 Å². The van der Waals surface area contributed by atoms with Crippen LogP contribution in [0.25, 0.3) is 0 Å². The van der Waals surface area contributed by atoms with Crippen molar-refractivity contribution in [3.8, 4) is 0 Å². The van der Waals surface area contributed by atoms with Crippen LogP contribution in [0.15, 0.2) is 30.3 Å². The molecule has 0 spiro atoms. The number of nitrogens with two attached hydrogens (primary N) is 1. The molecule has 3 N–H and O–H groups in total. The Kier molecular flexibility index (Phi) is 3.48.